The van der Waals surface area contributed by atoms with Gasteiger partial charge in [0.05, 0.1) is 18.1 Å². The van der Waals surface area contributed by atoms with Crippen LogP contribution in [0.5, 0.6) is 0 Å². The molecule has 28 heavy (non-hydrogen) atoms. The summed E-state index contributed by atoms with van der Waals surface area (Å²) >= 11 is 0. The standard InChI is InChI=1S/C22H33NO4S/c1-8-19(16(2)27-28(6,7)22(3,4)5)20(24)23-18(15-26-21(23)25)14-17-12-10-9-11-13-17/h8-13,16,18-19H,1,14-15H2,2-7H3/t16-,18+,19+/m0/s1. The van der Waals surface area contributed by atoms with Crippen LogP contribution in [0.1, 0.15) is 33.3 Å². The zero-order chi connectivity index (χ0) is 21.1. The summed E-state index contributed by atoms with van der Waals surface area (Å²) in [6, 6.07) is 9.47. The van der Waals surface area contributed by atoms with Crippen molar-refractivity contribution in [3.8, 4) is 0 Å². The molecule has 1 heterocycles. The highest BCUT2D eigenvalue weighted by molar-refractivity contribution is 8.29. The van der Waals surface area contributed by atoms with E-state index in [4.69, 9.17) is 8.92 Å². The van der Waals surface area contributed by atoms with Gasteiger partial charge in [-0.15, -0.1) is 16.9 Å². The van der Waals surface area contributed by atoms with E-state index in [1.165, 1.54) is 4.90 Å². The Kier molecular flexibility index (Phi) is 6.99. The van der Waals surface area contributed by atoms with Crippen molar-refractivity contribution in [2.45, 2.75) is 51.0 Å². The van der Waals surface area contributed by atoms with Crippen molar-refractivity contribution >= 4 is 22.3 Å². The van der Waals surface area contributed by atoms with E-state index in [0.29, 0.717) is 6.42 Å². The molecule has 1 fully saturated rings. The number of rotatable bonds is 7. The number of hydrogen-bond donors (Lipinski definition) is 0. The zero-order valence-corrected chi connectivity index (χ0v) is 18.6. The van der Waals surface area contributed by atoms with Crippen molar-refractivity contribution in [2.24, 2.45) is 5.92 Å². The SMILES string of the molecule is C=C[C@@H](C(=O)N1C(=O)OC[C@H]1Cc1ccccc1)[C@H](C)OS(C)(C)C(C)(C)C. The number of benzene rings is 1. The molecule has 2 rings (SSSR count). The Bertz CT molecular complexity index is 711. The fraction of sp³-hybridized carbons (Fsp3) is 0.545. The number of carbonyl (C=O) groups excluding carboxylic acids is 2. The van der Waals surface area contributed by atoms with E-state index in [9.17, 15) is 9.59 Å². The van der Waals surface area contributed by atoms with Crippen molar-refractivity contribution in [3.63, 3.8) is 0 Å². The molecule has 1 aromatic rings. The normalized spacial score (nSPS) is 20.4. The van der Waals surface area contributed by atoms with E-state index >= 15 is 0 Å². The number of cyclic esters (lactones) is 1. The van der Waals surface area contributed by atoms with Gasteiger partial charge in [-0.05, 0) is 31.4 Å². The molecule has 0 bridgehead atoms. The molecule has 0 spiro atoms. The van der Waals surface area contributed by atoms with Crippen LogP contribution in [0.4, 0.5) is 4.79 Å². The van der Waals surface area contributed by atoms with E-state index in [2.05, 4.69) is 39.9 Å². The fourth-order valence-corrected chi connectivity index (χ4v) is 4.17. The Hall–Kier alpha value is -1.79. The van der Waals surface area contributed by atoms with Gasteiger partial charge in [-0.1, -0.05) is 57.2 Å². The fourth-order valence-electron chi connectivity index (χ4n) is 3.00. The van der Waals surface area contributed by atoms with Gasteiger partial charge in [0.15, 0.2) is 0 Å². The Morgan fingerprint density at radius 3 is 2.50 bits per heavy atom. The molecule has 0 N–H and O–H groups in total. The van der Waals surface area contributed by atoms with Crippen LogP contribution in [-0.2, 0) is 20.1 Å². The first-order valence-electron chi connectivity index (χ1n) is 9.55. The van der Waals surface area contributed by atoms with Crippen LogP contribution in [0.25, 0.3) is 0 Å². The van der Waals surface area contributed by atoms with E-state index in [-0.39, 0.29) is 29.4 Å². The average molecular weight is 408 g/mol. The minimum Gasteiger partial charge on any atom is -0.447 e. The molecule has 5 nitrogen and oxygen atoms in total. The topological polar surface area (TPSA) is 55.8 Å². The Morgan fingerprint density at radius 1 is 1.36 bits per heavy atom. The monoisotopic (exact) mass is 407 g/mol. The Labute approximate surface area is 170 Å². The van der Waals surface area contributed by atoms with Crippen molar-refractivity contribution in [1.29, 1.82) is 0 Å². The smallest absolute Gasteiger partial charge is 0.417 e. The maximum absolute atomic E-state index is 13.2. The third kappa shape index (κ3) is 4.97. The molecule has 1 aliphatic heterocycles. The van der Waals surface area contributed by atoms with Crippen LogP contribution in [0.2, 0.25) is 0 Å². The lowest BCUT2D eigenvalue weighted by molar-refractivity contribution is -0.134. The van der Waals surface area contributed by atoms with E-state index < -0.39 is 22.3 Å². The molecule has 0 saturated carbocycles. The van der Waals surface area contributed by atoms with Gasteiger partial charge >= 0.3 is 6.09 Å². The first kappa shape index (κ1) is 22.5. The van der Waals surface area contributed by atoms with Gasteiger partial charge in [0.2, 0.25) is 5.91 Å². The molecule has 0 aromatic heterocycles. The second kappa shape index (κ2) is 8.70. The van der Waals surface area contributed by atoms with E-state index in [1.807, 2.05) is 37.3 Å². The molecule has 6 heteroatoms. The molecule has 2 amide bonds. The first-order chi connectivity index (χ1) is 13.0. The minimum atomic E-state index is -1.42. The van der Waals surface area contributed by atoms with Crippen LogP contribution in [0.3, 0.4) is 0 Å². The number of carbonyl (C=O) groups is 2. The molecule has 1 aliphatic rings. The highest BCUT2D eigenvalue weighted by Crippen LogP contribution is 2.55. The van der Waals surface area contributed by atoms with Crippen LogP contribution in [0, 0.1) is 5.92 Å². The summed E-state index contributed by atoms with van der Waals surface area (Å²) < 4.78 is 11.5. The summed E-state index contributed by atoms with van der Waals surface area (Å²) in [5, 5.41) is 0. The van der Waals surface area contributed by atoms with Gasteiger partial charge in [0.25, 0.3) is 0 Å². The summed E-state index contributed by atoms with van der Waals surface area (Å²) in [6.07, 6.45) is 5.35. The van der Waals surface area contributed by atoms with Crippen molar-refractivity contribution in [2.75, 3.05) is 19.1 Å². The number of hydrogen-bond acceptors (Lipinski definition) is 4. The highest BCUT2D eigenvalue weighted by atomic mass is 32.3. The van der Waals surface area contributed by atoms with Gasteiger partial charge in [0, 0.05) is 4.75 Å². The quantitative estimate of drug-likeness (QED) is 0.622. The lowest BCUT2D eigenvalue weighted by Crippen LogP contribution is -2.46. The second-order valence-corrected chi connectivity index (χ2v) is 12.4. The van der Waals surface area contributed by atoms with Gasteiger partial charge < -0.3 is 8.92 Å². The largest absolute Gasteiger partial charge is 0.447 e. The first-order valence-corrected chi connectivity index (χ1v) is 11.9. The lowest BCUT2D eigenvalue weighted by atomic mass is 10.00. The minimum absolute atomic E-state index is 0.0293. The summed E-state index contributed by atoms with van der Waals surface area (Å²) in [4.78, 5) is 26.8. The highest BCUT2D eigenvalue weighted by Gasteiger charge is 2.43. The summed E-state index contributed by atoms with van der Waals surface area (Å²) in [5.74, 6) is -0.923. The van der Waals surface area contributed by atoms with E-state index in [0.717, 1.165) is 5.56 Å². The molecule has 1 aromatic carbocycles. The molecule has 0 unspecified atom stereocenters. The predicted molar refractivity (Wildman–Crippen MR) is 116 cm³/mol. The molecule has 1 saturated heterocycles. The number of imide groups is 1. The summed E-state index contributed by atoms with van der Waals surface area (Å²) in [7, 11) is -1.42. The van der Waals surface area contributed by atoms with Gasteiger partial charge in [-0.2, -0.15) is 0 Å². The number of amides is 2. The van der Waals surface area contributed by atoms with Crippen LogP contribution in [0.15, 0.2) is 43.0 Å². The Morgan fingerprint density at radius 2 is 1.96 bits per heavy atom. The third-order valence-electron chi connectivity index (χ3n) is 5.42. The predicted octanol–water partition coefficient (Wildman–Crippen LogP) is 4.56. The average Bonchev–Trinajstić information content (AvgIpc) is 2.95. The van der Waals surface area contributed by atoms with Crippen molar-refractivity contribution < 1.29 is 18.5 Å². The Balaban J connectivity index is 2.17. The van der Waals surface area contributed by atoms with Gasteiger partial charge in [-0.3, -0.25) is 4.79 Å². The molecule has 0 radical (unpaired) electrons. The maximum Gasteiger partial charge on any atom is 0.417 e. The second-order valence-electron chi connectivity index (χ2n) is 8.54. The van der Waals surface area contributed by atoms with Crippen LogP contribution in [-0.4, -0.2) is 52.9 Å². The zero-order valence-electron chi connectivity index (χ0n) is 17.8. The van der Waals surface area contributed by atoms with Crippen molar-refractivity contribution in [3.05, 3.63) is 48.6 Å². The maximum atomic E-state index is 13.2. The lowest BCUT2D eigenvalue weighted by Gasteiger charge is -2.46. The van der Waals surface area contributed by atoms with Gasteiger partial charge in [-0.25, -0.2) is 9.69 Å². The molecular formula is C22H33NO4S. The van der Waals surface area contributed by atoms with E-state index in [1.54, 1.807) is 6.08 Å². The summed E-state index contributed by atoms with van der Waals surface area (Å²) in [6.45, 7) is 12.3. The van der Waals surface area contributed by atoms with Crippen molar-refractivity contribution in [1.82, 2.24) is 4.90 Å². The number of ether oxygens (including phenoxy) is 1. The molecule has 156 valence electrons. The van der Waals surface area contributed by atoms with Crippen LogP contribution >= 0.6 is 10.3 Å². The third-order valence-corrected chi connectivity index (χ3v) is 9.16. The molecular weight excluding hydrogens is 374 g/mol. The molecule has 3 atom stereocenters. The van der Waals surface area contributed by atoms with Crippen LogP contribution < -0.4 is 0 Å². The number of nitrogens with zero attached hydrogens (tertiary/aromatic N) is 1. The van der Waals surface area contributed by atoms with Gasteiger partial charge in [0.1, 0.15) is 6.61 Å². The summed E-state index contributed by atoms with van der Waals surface area (Å²) in [5.41, 5.74) is 1.06. The molecule has 0 aliphatic carbocycles.